The maximum absolute atomic E-state index is 12.2. The van der Waals surface area contributed by atoms with E-state index in [1.54, 1.807) is 4.90 Å². The highest BCUT2D eigenvalue weighted by Gasteiger charge is 2.22. The predicted octanol–water partition coefficient (Wildman–Crippen LogP) is 1.86. The lowest BCUT2D eigenvalue weighted by Crippen LogP contribution is -2.51. The van der Waals surface area contributed by atoms with Gasteiger partial charge in [0.05, 0.1) is 11.8 Å². The minimum Gasteiger partial charge on any atom is -0.368 e. The number of hydrogen-bond donors (Lipinski definition) is 1. The number of piperazine rings is 1. The first-order valence-electron chi connectivity index (χ1n) is 7.60. The molecular formula is C16H22ClN3O2S. The molecule has 7 heteroatoms. The molecule has 1 atom stereocenters. The van der Waals surface area contributed by atoms with Crippen molar-refractivity contribution in [2.45, 2.75) is 12.2 Å². The molecule has 2 amide bonds. The van der Waals surface area contributed by atoms with E-state index in [9.17, 15) is 9.59 Å². The van der Waals surface area contributed by atoms with E-state index >= 15 is 0 Å². The average molecular weight is 356 g/mol. The summed E-state index contributed by atoms with van der Waals surface area (Å²) in [6.45, 7) is 4.73. The van der Waals surface area contributed by atoms with E-state index in [0.717, 1.165) is 18.8 Å². The Morgan fingerprint density at radius 2 is 2.00 bits per heavy atom. The minimum absolute atomic E-state index is 0.0302. The first kappa shape index (κ1) is 17.9. The smallest absolute Gasteiger partial charge is 0.242 e. The minimum atomic E-state index is -0.137. The molecular weight excluding hydrogens is 334 g/mol. The number of benzene rings is 1. The van der Waals surface area contributed by atoms with Gasteiger partial charge in [-0.3, -0.25) is 9.59 Å². The summed E-state index contributed by atoms with van der Waals surface area (Å²) in [5.74, 6) is -0.124. The first-order chi connectivity index (χ1) is 11.0. The molecule has 0 spiro atoms. The van der Waals surface area contributed by atoms with Crippen molar-refractivity contribution in [3.63, 3.8) is 0 Å². The van der Waals surface area contributed by atoms with Gasteiger partial charge in [0.15, 0.2) is 0 Å². The van der Waals surface area contributed by atoms with E-state index in [1.807, 2.05) is 37.4 Å². The summed E-state index contributed by atoms with van der Waals surface area (Å²) in [5, 5.41) is 3.28. The second-order valence-corrected chi connectivity index (χ2v) is 7.06. The molecule has 126 valence electrons. The Labute approximate surface area is 146 Å². The number of hydrogen-bond acceptors (Lipinski definition) is 4. The van der Waals surface area contributed by atoms with Crippen LogP contribution >= 0.6 is 23.4 Å². The SMILES string of the molecule is CSC(C)C(=O)NCC(=O)N1CCN(c2cccc(Cl)c2)CC1. The van der Waals surface area contributed by atoms with Gasteiger partial charge in [-0.15, -0.1) is 0 Å². The molecule has 0 aromatic heterocycles. The second kappa shape index (κ2) is 8.45. The van der Waals surface area contributed by atoms with Gasteiger partial charge >= 0.3 is 0 Å². The fourth-order valence-corrected chi connectivity index (χ4v) is 2.89. The molecule has 1 heterocycles. The third-order valence-corrected chi connectivity index (χ3v) is 5.10. The van der Waals surface area contributed by atoms with E-state index in [1.165, 1.54) is 11.8 Å². The van der Waals surface area contributed by atoms with Gasteiger partial charge in [-0.2, -0.15) is 11.8 Å². The van der Waals surface area contributed by atoms with Crippen LogP contribution in [0.2, 0.25) is 5.02 Å². The number of carbonyl (C=O) groups excluding carboxylic acids is 2. The van der Waals surface area contributed by atoms with Crippen molar-refractivity contribution in [3.05, 3.63) is 29.3 Å². The predicted molar refractivity (Wildman–Crippen MR) is 96.2 cm³/mol. The largest absolute Gasteiger partial charge is 0.368 e. The highest BCUT2D eigenvalue weighted by molar-refractivity contribution is 7.99. The number of carbonyl (C=O) groups is 2. The maximum Gasteiger partial charge on any atom is 0.242 e. The molecule has 0 aliphatic carbocycles. The van der Waals surface area contributed by atoms with Crippen LogP contribution in [0.3, 0.4) is 0 Å². The Hall–Kier alpha value is -1.40. The van der Waals surface area contributed by atoms with Crippen molar-refractivity contribution in [2.24, 2.45) is 0 Å². The summed E-state index contributed by atoms with van der Waals surface area (Å²) < 4.78 is 0. The fourth-order valence-electron chi connectivity index (χ4n) is 2.41. The van der Waals surface area contributed by atoms with Crippen LogP contribution in [0.4, 0.5) is 5.69 Å². The van der Waals surface area contributed by atoms with Crippen LogP contribution in [0.5, 0.6) is 0 Å². The van der Waals surface area contributed by atoms with Gasteiger partial charge in [0.2, 0.25) is 11.8 Å². The molecule has 1 aromatic rings. The van der Waals surface area contributed by atoms with E-state index < -0.39 is 0 Å². The second-order valence-electron chi connectivity index (χ2n) is 5.44. The number of thioether (sulfide) groups is 1. The van der Waals surface area contributed by atoms with E-state index in [-0.39, 0.29) is 23.6 Å². The van der Waals surface area contributed by atoms with Crippen LogP contribution in [0.25, 0.3) is 0 Å². The fraction of sp³-hybridized carbons (Fsp3) is 0.500. The Bertz CT molecular complexity index is 562. The normalized spacial score (nSPS) is 16.1. The van der Waals surface area contributed by atoms with E-state index in [4.69, 9.17) is 11.6 Å². The van der Waals surface area contributed by atoms with Gasteiger partial charge in [0.1, 0.15) is 0 Å². The van der Waals surface area contributed by atoms with Crippen LogP contribution in [0.15, 0.2) is 24.3 Å². The van der Waals surface area contributed by atoms with Crippen molar-refractivity contribution in [1.29, 1.82) is 0 Å². The number of rotatable bonds is 5. The Kier molecular flexibility index (Phi) is 6.59. The van der Waals surface area contributed by atoms with Gasteiger partial charge in [0.25, 0.3) is 0 Å². The lowest BCUT2D eigenvalue weighted by Gasteiger charge is -2.36. The molecule has 1 fully saturated rings. The summed E-state index contributed by atoms with van der Waals surface area (Å²) >= 11 is 7.48. The molecule has 1 aromatic carbocycles. The molecule has 0 saturated carbocycles. The van der Waals surface area contributed by atoms with Crippen molar-refractivity contribution >= 4 is 40.9 Å². The monoisotopic (exact) mass is 355 g/mol. The summed E-state index contributed by atoms with van der Waals surface area (Å²) in [6.07, 6.45) is 1.88. The number of nitrogens with zero attached hydrogens (tertiary/aromatic N) is 2. The average Bonchev–Trinajstić information content (AvgIpc) is 2.58. The molecule has 1 aliphatic rings. The van der Waals surface area contributed by atoms with Crippen LogP contribution in [0.1, 0.15) is 6.92 Å². The molecule has 23 heavy (non-hydrogen) atoms. The molecule has 1 saturated heterocycles. The molecule has 1 aliphatic heterocycles. The van der Waals surface area contributed by atoms with Gasteiger partial charge < -0.3 is 15.1 Å². The zero-order valence-corrected chi connectivity index (χ0v) is 15.0. The van der Waals surface area contributed by atoms with Gasteiger partial charge in [0, 0.05) is 36.9 Å². The molecule has 1 N–H and O–H groups in total. The molecule has 5 nitrogen and oxygen atoms in total. The quantitative estimate of drug-likeness (QED) is 0.876. The maximum atomic E-state index is 12.2. The molecule has 0 bridgehead atoms. The molecule has 1 unspecified atom stereocenters. The third kappa shape index (κ3) is 5.04. The van der Waals surface area contributed by atoms with Crippen LogP contribution in [-0.4, -0.2) is 60.9 Å². The summed E-state index contributed by atoms with van der Waals surface area (Å²) in [7, 11) is 0. The number of halogens is 1. The Morgan fingerprint density at radius 1 is 1.30 bits per heavy atom. The van der Waals surface area contributed by atoms with Gasteiger partial charge in [-0.1, -0.05) is 17.7 Å². The zero-order valence-electron chi connectivity index (χ0n) is 13.4. The lowest BCUT2D eigenvalue weighted by molar-refractivity contribution is -0.132. The van der Waals surface area contributed by atoms with Gasteiger partial charge in [-0.25, -0.2) is 0 Å². The van der Waals surface area contributed by atoms with Crippen LogP contribution in [0, 0.1) is 0 Å². The van der Waals surface area contributed by atoms with Crippen molar-refractivity contribution in [3.8, 4) is 0 Å². The molecule has 0 radical (unpaired) electrons. The lowest BCUT2D eigenvalue weighted by atomic mass is 10.2. The third-order valence-electron chi connectivity index (χ3n) is 3.94. The standard InChI is InChI=1S/C16H22ClN3O2S/c1-12(23-2)16(22)18-11-15(21)20-8-6-19(7-9-20)14-5-3-4-13(17)10-14/h3-5,10,12H,6-9,11H2,1-2H3,(H,18,22). The summed E-state index contributed by atoms with van der Waals surface area (Å²) in [5.41, 5.74) is 1.08. The van der Waals surface area contributed by atoms with Crippen molar-refractivity contribution < 1.29 is 9.59 Å². The topological polar surface area (TPSA) is 52.7 Å². The first-order valence-corrected chi connectivity index (χ1v) is 9.26. The van der Waals surface area contributed by atoms with Crippen molar-refractivity contribution in [2.75, 3.05) is 43.9 Å². The molecule has 2 rings (SSSR count). The zero-order chi connectivity index (χ0) is 16.8. The van der Waals surface area contributed by atoms with E-state index in [0.29, 0.717) is 18.1 Å². The van der Waals surface area contributed by atoms with Crippen LogP contribution < -0.4 is 10.2 Å². The Morgan fingerprint density at radius 3 is 2.61 bits per heavy atom. The van der Waals surface area contributed by atoms with Gasteiger partial charge in [-0.05, 0) is 31.4 Å². The summed E-state index contributed by atoms with van der Waals surface area (Å²) in [4.78, 5) is 27.9. The highest BCUT2D eigenvalue weighted by atomic mass is 35.5. The number of amides is 2. The van der Waals surface area contributed by atoms with Crippen LogP contribution in [-0.2, 0) is 9.59 Å². The number of nitrogens with one attached hydrogen (secondary N) is 1. The van der Waals surface area contributed by atoms with Crippen molar-refractivity contribution in [1.82, 2.24) is 10.2 Å². The Balaban J connectivity index is 1.80. The number of anilines is 1. The summed E-state index contributed by atoms with van der Waals surface area (Å²) in [6, 6.07) is 7.73. The highest BCUT2D eigenvalue weighted by Crippen LogP contribution is 2.20. The van der Waals surface area contributed by atoms with E-state index in [2.05, 4.69) is 10.2 Å².